The summed E-state index contributed by atoms with van der Waals surface area (Å²) in [5.41, 5.74) is -0.872. The van der Waals surface area contributed by atoms with Crippen LogP contribution in [0.4, 0.5) is 0 Å². The van der Waals surface area contributed by atoms with E-state index in [2.05, 4.69) is 71.7 Å². The number of allylic oxidation sites excluding steroid dienone is 2. The number of hydrogen-bond acceptors (Lipinski definition) is 35. The van der Waals surface area contributed by atoms with Crippen molar-refractivity contribution < 1.29 is 170 Å². The number of aliphatic hydroxyl groups is 9. The zero-order valence-electron chi connectivity index (χ0n) is 91.6. The first-order chi connectivity index (χ1) is 72.5. The molecule has 0 aromatic carbocycles. The highest BCUT2D eigenvalue weighted by atomic mass is 16.7. The summed E-state index contributed by atoms with van der Waals surface area (Å²) in [7, 11) is 1.70. The molecule has 7 fully saturated rings. The van der Waals surface area contributed by atoms with Crippen molar-refractivity contribution in [3.05, 3.63) is 12.2 Å². The van der Waals surface area contributed by atoms with Crippen LogP contribution in [0, 0.1) is 64.1 Å². The van der Waals surface area contributed by atoms with Gasteiger partial charge >= 0.3 is 0 Å². The lowest BCUT2D eigenvalue weighted by atomic mass is 9.44. The number of hydrogen-bond donors (Lipinski definition) is 15. The van der Waals surface area contributed by atoms with Crippen LogP contribution in [-0.2, 0) is 124 Å². The lowest BCUT2D eigenvalue weighted by Gasteiger charge is -2.61. The van der Waals surface area contributed by atoms with E-state index in [1.165, 1.54) is 120 Å². The third-order valence-corrected chi connectivity index (χ3v) is 31.1. The van der Waals surface area contributed by atoms with Crippen LogP contribution in [0.5, 0.6) is 0 Å². The first-order valence-corrected chi connectivity index (χ1v) is 56.3. The van der Waals surface area contributed by atoms with Crippen molar-refractivity contribution in [2.75, 3.05) is 251 Å². The SMILES string of the molecule is CCCCCCCC/C=C\CCCCCCCC(=O)N[C@H]1CC[C@@]2(C)C(CCC3C4CCC(C(C)CCC(=O)N(C)CC(=O)NCCOCCOCCOCCOCCC(=O)NC(COCCC(=O)NCCOCCOCCOC5OC(CO)C(O)C(O)C5C)(COCCC(=O)NCCOCCOCCOC5OC(CO)C(O)C(O)C5C)COCCC(=O)NCCOCCOCCOC5OC(CO)C(O)C(O)C5C)[C@@]4(C)CCC32)C1. The minimum absolute atomic E-state index is 0.0277. The molecule has 3 aliphatic heterocycles. The number of unbranched alkanes of at least 4 members (excludes halogenated alkanes) is 11. The van der Waals surface area contributed by atoms with Crippen molar-refractivity contribution in [2.24, 2.45) is 64.1 Å². The van der Waals surface area contributed by atoms with Gasteiger partial charge in [-0.3, -0.25) is 33.6 Å². The van der Waals surface area contributed by atoms with Gasteiger partial charge in [0.2, 0.25) is 41.4 Å². The van der Waals surface area contributed by atoms with Gasteiger partial charge in [0, 0.05) is 95.5 Å². The molecule has 3 saturated heterocycles. The first-order valence-electron chi connectivity index (χ1n) is 56.3. The van der Waals surface area contributed by atoms with E-state index in [0.717, 1.165) is 43.9 Å². The van der Waals surface area contributed by atoms with Gasteiger partial charge in [0.1, 0.15) is 42.2 Å². The average Bonchev–Trinajstić information content (AvgIpc) is 1.43. The van der Waals surface area contributed by atoms with Crippen LogP contribution in [0.2, 0.25) is 0 Å². The van der Waals surface area contributed by atoms with Crippen LogP contribution < -0.4 is 31.9 Å². The van der Waals surface area contributed by atoms with Crippen molar-refractivity contribution in [1.29, 1.82) is 0 Å². The molecule has 0 aromatic rings. The minimum atomic E-state index is -1.46. The smallest absolute Gasteiger partial charge is 0.239 e. The van der Waals surface area contributed by atoms with Crippen LogP contribution in [0.15, 0.2) is 12.2 Å². The van der Waals surface area contributed by atoms with Gasteiger partial charge in [0.15, 0.2) is 18.9 Å². The molecule has 7 amide bonds. The number of likely N-dealkylation sites (N-methyl/N-ethyl adjacent to an activating group) is 1. The van der Waals surface area contributed by atoms with Gasteiger partial charge in [-0.1, -0.05) is 112 Å². The van der Waals surface area contributed by atoms with Gasteiger partial charge in [-0.15, -0.1) is 0 Å². The number of nitrogens with zero attached hydrogens (tertiary/aromatic N) is 1. The van der Waals surface area contributed by atoms with Crippen molar-refractivity contribution in [2.45, 2.75) is 320 Å². The summed E-state index contributed by atoms with van der Waals surface area (Å²) in [5, 5.41) is 108. The van der Waals surface area contributed by atoms with Gasteiger partial charge < -0.3 is 173 Å². The molecule has 24 atom stereocenters. The fraction of sp³-hybridized carbons (Fsp3) is 0.917. The number of carbonyl (C=O) groups is 7. The van der Waals surface area contributed by atoms with Crippen LogP contribution in [0.25, 0.3) is 0 Å². The van der Waals surface area contributed by atoms with E-state index in [1.807, 2.05) is 0 Å². The highest BCUT2D eigenvalue weighted by Crippen LogP contribution is 2.68. The van der Waals surface area contributed by atoms with E-state index in [0.29, 0.717) is 48.0 Å². The lowest BCUT2D eigenvalue weighted by Crippen LogP contribution is -2.59. The third-order valence-electron chi connectivity index (χ3n) is 31.1. The molecule has 4 aliphatic carbocycles. The molecule has 7 aliphatic rings. The molecular weight excluding hydrogens is 1960 g/mol. The number of nitrogens with one attached hydrogen (secondary N) is 6. The molecule has 0 radical (unpaired) electrons. The maximum absolute atomic E-state index is 14.0. The van der Waals surface area contributed by atoms with Gasteiger partial charge in [-0.2, -0.15) is 0 Å². The normalized spacial score (nSPS) is 28.4. The molecule has 3 heterocycles. The van der Waals surface area contributed by atoms with Crippen LogP contribution in [-0.4, -0.2) is 429 Å². The van der Waals surface area contributed by atoms with Crippen molar-refractivity contribution in [3.63, 3.8) is 0 Å². The predicted octanol–water partition coefficient (Wildman–Crippen LogP) is 4.41. The molecule has 21 unspecified atom stereocenters. The second-order valence-electron chi connectivity index (χ2n) is 42.3. The van der Waals surface area contributed by atoms with Gasteiger partial charge in [0.05, 0.1) is 236 Å². The maximum atomic E-state index is 14.0. The number of aliphatic hydroxyl groups excluding tert-OH is 9. The van der Waals surface area contributed by atoms with E-state index in [9.17, 15) is 79.5 Å². The van der Waals surface area contributed by atoms with E-state index in [-0.39, 0.29) is 291 Å². The summed E-state index contributed by atoms with van der Waals surface area (Å²) < 4.78 is 109. The molecule has 150 heavy (non-hydrogen) atoms. The van der Waals surface area contributed by atoms with Crippen LogP contribution in [0.3, 0.4) is 0 Å². The predicted molar refractivity (Wildman–Crippen MR) is 553 cm³/mol. The standard InChI is InChI=1S/C108H195N7O35/c1-9-10-11-12-13-14-15-16-17-18-19-20-21-22-23-24-93(122)113-82-31-37-106(6)81(69-82)26-27-83-85-29-28-84(107(85,7)38-32-86(83)106)77(2)25-30-96(125)115(8)70-95(124)112-42-50-136-52-57-138-62-61-137-56-51-132-43-36-94(123)114-108(74-142-44-33-90(119)109-39-47-133-53-58-139-63-66-145-103-78(3)97(126)100(129)87(71-116)148-103,75-143-45-34-91(120)110-40-48-134-54-59-140-64-67-146-104-79(4)98(127)101(130)88(72-117)149-104)76-144-46-35-92(121)111-41-49-135-55-60-141-65-68-147-105-80(5)99(128)102(131)89(73-118)150-105/h16-17,77-89,97-105,116-118,126-131H,9-15,18-76H2,1-8H3,(H,109,119)(H,110,120)(H,111,121)(H,112,124)(H,113,122)(H,114,123)/b17-16-/t77?,78?,79?,80?,81?,82-,83?,84?,85?,86?,87?,88?,89?,97?,98?,99?,100?,101?,102?,103?,104?,105?,106-,107+,108?/m0/s1. The largest absolute Gasteiger partial charge is 0.394 e. The monoisotopic (exact) mass is 2150 g/mol. The number of fused-ring (bicyclic) bond motifs is 5. The topological polar surface area (TPSA) is 552 Å². The molecule has 0 spiro atoms. The molecule has 4 saturated carbocycles. The van der Waals surface area contributed by atoms with Gasteiger partial charge in [0.25, 0.3) is 0 Å². The molecule has 0 bridgehead atoms. The van der Waals surface area contributed by atoms with E-state index in [4.69, 9.17) is 90.0 Å². The number of carbonyl (C=O) groups excluding carboxylic acids is 7. The Balaban J connectivity index is 0.774. The molecule has 42 nitrogen and oxygen atoms in total. The summed E-state index contributed by atoms with van der Waals surface area (Å²) in [4.78, 5) is 94.7. The van der Waals surface area contributed by atoms with Gasteiger partial charge in [-0.05, 0) is 143 Å². The fourth-order valence-electron chi connectivity index (χ4n) is 22.1. The second kappa shape index (κ2) is 76.6. The molecule has 7 rings (SSSR count). The lowest BCUT2D eigenvalue weighted by molar-refractivity contribution is -0.284. The summed E-state index contributed by atoms with van der Waals surface area (Å²) in [6, 6.07) is 0.298. The Bertz CT molecular complexity index is 3450. The summed E-state index contributed by atoms with van der Waals surface area (Å²) >= 11 is 0. The number of amides is 7. The molecule has 15 N–H and O–H groups in total. The molecule has 42 heteroatoms. The highest BCUT2D eigenvalue weighted by molar-refractivity contribution is 5.84. The van der Waals surface area contributed by atoms with E-state index in [1.54, 1.807) is 27.8 Å². The average molecular weight is 2150 g/mol. The summed E-state index contributed by atoms with van der Waals surface area (Å²) in [6.07, 6.45) is 20.7. The van der Waals surface area contributed by atoms with Gasteiger partial charge in [-0.25, -0.2) is 0 Å². The Labute approximate surface area is 891 Å². The quantitative estimate of drug-likeness (QED) is 0.0296. The summed E-state index contributed by atoms with van der Waals surface area (Å²) in [5.74, 6) is 0.524. The van der Waals surface area contributed by atoms with Crippen LogP contribution >= 0.6 is 0 Å². The van der Waals surface area contributed by atoms with E-state index >= 15 is 0 Å². The molecule has 0 aromatic heterocycles. The Morgan fingerprint density at radius 1 is 0.387 bits per heavy atom. The number of rotatable bonds is 86. The molecular formula is C108H195N7O35. The summed E-state index contributed by atoms with van der Waals surface area (Å²) in [6.45, 7) is 17.0. The zero-order chi connectivity index (χ0) is 109. The third kappa shape index (κ3) is 48.8. The Morgan fingerprint density at radius 3 is 1.17 bits per heavy atom. The Morgan fingerprint density at radius 2 is 0.747 bits per heavy atom. The van der Waals surface area contributed by atoms with Crippen molar-refractivity contribution >= 4 is 41.4 Å². The van der Waals surface area contributed by atoms with Crippen LogP contribution in [0.1, 0.15) is 235 Å². The first kappa shape index (κ1) is 132. The Kier molecular flexibility index (Phi) is 67.3. The second-order valence-corrected chi connectivity index (χ2v) is 42.3. The number of ether oxygens (including phenoxy) is 19. The zero-order valence-corrected chi connectivity index (χ0v) is 91.6. The highest BCUT2D eigenvalue weighted by Gasteiger charge is 2.61. The van der Waals surface area contributed by atoms with E-state index < -0.39 is 123 Å². The van der Waals surface area contributed by atoms with Crippen molar-refractivity contribution in [3.8, 4) is 0 Å². The fourth-order valence-corrected chi connectivity index (χ4v) is 22.1. The van der Waals surface area contributed by atoms with Crippen molar-refractivity contribution in [1.82, 2.24) is 36.8 Å². The Hall–Kier alpha value is -5.09. The molecule has 872 valence electrons. The minimum Gasteiger partial charge on any atom is -0.394 e. The maximum Gasteiger partial charge on any atom is 0.239 e.